The van der Waals surface area contributed by atoms with E-state index in [0.717, 1.165) is 38.9 Å². The highest BCUT2D eigenvalue weighted by Gasteiger charge is 2.17. The zero-order chi connectivity index (χ0) is 13.2. The molecule has 0 atom stereocenters. The Hall–Kier alpha value is -1.32. The van der Waals surface area contributed by atoms with Crippen LogP contribution >= 0.6 is 0 Å². The highest BCUT2D eigenvalue weighted by Crippen LogP contribution is 2.21. The van der Waals surface area contributed by atoms with Crippen LogP contribution in [0.15, 0.2) is 30.5 Å². The van der Waals surface area contributed by atoms with Crippen LogP contribution in [0.25, 0.3) is 10.9 Å². The SMILES string of the molecule is Cn1cc(CCN2CCC(O)CC2)c2ccccc21. The van der Waals surface area contributed by atoms with Gasteiger partial charge in [0.15, 0.2) is 0 Å². The average molecular weight is 258 g/mol. The van der Waals surface area contributed by atoms with Gasteiger partial charge in [-0.05, 0) is 30.9 Å². The van der Waals surface area contributed by atoms with E-state index < -0.39 is 0 Å². The van der Waals surface area contributed by atoms with Crippen molar-refractivity contribution in [2.75, 3.05) is 19.6 Å². The molecule has 0 unspecified atom stereocenters. The molecule has 1 aromatic carbocycles. The van der Waals surface area contributed by atoms with Crippen molar-refractivity contribution in [3.63, 3.8) is 0 Å². The Balaban J connectivity index is 1.69. The van der Waals surface area contributed by atoms with E-state index in [9.17, 15) is 5.11 Å². The zero-order valence-electron chi connectivity index (χ0n) is 11.5. The van der Waals surface area contributed by atoms with Gasteiger partial charge in [0, 0.05) is 43.8 Å². The van der Waals surface area contributed by atoms with Gasteiger partial charge in [-0.25, -0.2) is 0 Å². The smallest absolute Gasteiger partial charge is 0.0564 e. The quantitative estimate of drug-likeness (QED) is 0.914. The van der Waals surface area contributed by atoms with Gasteiger partial charge in [0.05, 0.1) is 6.10 Å². The largest absolute Gasteiger partial charge is 0.393 e. The van der Waals surface area contributed by atoms with Gasteiger partial charge in [0.2, 0.25) is 0 Å². The van der Waals surface area contributed by atoms with Crippen LogP contribution in [0, 0.1) is 0 Å². The normalized spacial score (nSPS) is 18.2. The van der Waals surface area contributed by atoms with Crippen molar-refractivity contribution >= 4 is 10.9 Å². The third-order valence-electron chi connectivity index (χ3n) is 4.23. The second kappa shape index (κ2) is 5.35. The summed E-state index contributed by atoms with van der Waals surface area (Å²) in [6, 6.07) is 8.60. The van der Waals surface area contributed by atoms with E-state index in [-0.39, 0.29) is 6.10 Å². The highest BCUT2D eigenvalue weighted by molar-refractivity contribution is 5.83. The van der Waals surface area contributed by atoms with E-state index in [4.69, 9.17) is 0 Å². The summed E-state index contributed by atoms with van der Waals surface area (Å²) in [5.74, 6) is 0. The van der Waals surface area contributed by atoms with Gasteiger partial charge in [-0.3, -0.25) is 0 Å². The summed E-state index contributed by atoms with van der Waals surface area (Å²) in [6.07, 6.45) is 5.13. The van der Waals surface area contributed by atoms with Crippen LogP contribution in [-0.4, -0.2) is 40.3 Å². The van der Waals surface area contributed by atoms with E-state index in [1.165, 1.54) is 16.5 Å². The molecule has 1 aliphatic heterocycles. The number of para-hydroxylation sites is 1. The van der Waals surface area contributed by atoms with Crippen molar-refractivity contribution in [1.82, 2.24) is 9.47 Å². The fourth-order valence-electron chi connectivity index (χ4n) is 3.05. The topological polar surface area (TPSA) is 28.4 Å². The highest BCUT2D eigenvalue weighted by atomic mass is 16.3. The predicted molar refractivity (Wildman–Crippen MR) is 78.3 cm³/mol. The van der Waals surface area contributed by atoms with Crippen LogP contribution < -0.4 is 0 Å². The van der Waals surface area contributed by atoms with Crippen LogP contribution in [-0.2, 0) is 13.5 Å². The number of hydrogen-bond acceptors (Lipinski definition) is 2. The Kier molecular flexibility index (Phi) is 3.58. The molecule has 1 saturated heterocycles. The predicted octanol–water partition coefficient (Wildman–Crippen LogP) is 2.18. The molecule has 0 saturated carbocycles. The van der Waals surface area contributed by atoms with Gasteiger partial charge in [-0.2, -0.15) is 0 Å². The number of nitrogens with zero attached hydrogens (tertiary/aromatic N) is 2. The molecule has 0 spiro atoms. The minimum atomic E-state index is -0.0752. The molecule has 2 aromatic rings. The monoisotopic (exact) mass is 258 g/mol. The van der Waals surface area contributed by atoms with Crippen LogP contribution in [0.2, 0.25) is 0 Å². The number of aromatic nitrogens is 1. The first-order chi connectivity index (χ1) is 9.24. The minimum Gasteiger partial charge on any atom is -0.393 e. The lowest BCUT2D eigenvalue weighted by atomic mass is 10.1. The number of benzene rings is 1. The van der Waals surface area contributed by atoms with Gasteiger partial charge in [0.25, 0.3) is 0 Å². The molecule has 1 aromatic heterocycles. The number of likely N-dealkylation sites (tertiary alicyclic amines) is 1. The van der Waals surface area contributed by atoms with Crippen molar-refractivity contribution in [3.8, 4) is 0 Å². The maximum absolute atomic E-state index is 9.53. The lowest BCUT2D eigenvalue weighted by molar-refractivity contribution is 0.0832. The molecule has 19 heavy (non-hydrogen) atoms. The molecule has 0 bridgehead atoms. The summed E-state index contributed by atoms with van der Waals surface area (Å²) >= 11 is 0. The van der Waals surface area contributed by atoms with E-state index >= 15 is 0 Å². The summed E-state index contributed by atoms with van der Waals surface area (Å²) in [5.41, 5.74) is 2.75. The molecule has 0 amide bonds. The van der Waals surface area contributed by atoms with Gasteiger partial charge in [0.1, 0.15) is 0 Å². The van der Waals surface area contributed by atoms with E-state index in [1.54, 1.807) is 0 Å². The van der Waals surface area contributed by atoms with E-state index in [0.29, 0.717) is 0 Å². The molecule has 3 nitrogen and oxygen atoms in total. The molecule has 1 aliphatic rings. The Morgan fingerprint density at radius 3 is 2.74 bits per heavy atom. The maximum Gasteiger partial charge on any atom is 0.0564 e. The number of piperidine rings is 1. The number of aliphatic hydroxyl groups excluding tert-OH is 1. The lowest BCUT2D eigenvalue weighted by Gasteiger charge is -2.29. The van der Waals surface area contributed by atoms with Crippen LogP contribution in [0.1, 0.15) is 18.4 Å². The van der Waals surface area contributed by atoms with Crippen LogP contribution in [0.3, 0.4) is 0 Å². The second-order valence-corrected chi connectivity index (χ2v) is 5.61. The molecule has 2 heterocycles. The van der Waals surface area contributed by atoms with E-state index in [1.807, 2.05) is 0 Å². The third-order valence-corrected chi connectivity index (χ3v) is 4.23. The molecule has 1 fully saturated rings. The number of aliphatic hydroxyl groups is 1. The Morgan fingerprint density at radius 2 is 1.95 bits per heavy atom. The first kappa shape index (κ1) is 12.7. The summed E-state index contributed by atoms with van der Waals surface area (Å²) in [6.45, 7) is 3.17. The average Bonchev–Trinajstić information content (AvgIpc) is 2.76. The van der Waals surface area contributed by atoms with Gasteiger partial charge in [-0.1, -0.05) is 18.2 Å². The molecule has 0 radical (unpaired) electrons. The van der Waals surface area contributed by atoms with Gasteiger partial charge in [-0.15, -0.1) is 0 Å². The summed E-state index contributed by atoms with van der Waals surface area (Å²) < 4.78 is 2.21. The molecule has 102 valence electrons. The molecule has 3 rings (SSSR count). The Labute approximate surface area is 114 Å². The Bertz CT molecular complexity index is 553. The van der Waals surface area contributed by atoms with Crippen LogP contribution in [0.5, 0.6) is 0 Å². The number of rotatable bonds is 3. The molecular weight excluding hydrogens is 236 g/mol. The van der Waals surface area contributed by atoms with Gasteiger partial charge < -0.3 is 14.6 Å². The van der Waals surface area contributed by atoms with Crippen molar-refractivity contribution in [2.24, 2.45) is 7.05 Å². The standard InChI is InChI=1S/C16H22N2O/c1-17-12-13(15-4-2-3-5-16(15)17)6-9-18-10-7-14(19)8-11-18/h2-5,12,14,19H,6-11H2,1H3. The molecule has 1 N–H and O–H groups in total. The van der Waals surface area contributed by atoms with Gasteiger partial charge >= 0.3 is 0 Å². The molecule has 3 heteroatoms. The first-order valence-corrected chi connectivity index (χ1v) is 7.17. The number of aryl methyl sites for hydroxylation is 1. The van der Waals surface area contributed by atoms with Crippen LogP contribution in [0.4, 0.5) is 0 Å². The maximum atomic E-state index is 9.53. The number of hydrogen-bond donors (Lipinski definition) is 1. The fourth-order valence-corrected chi connectivity index (χ4v) is 3.05. The molecular formula is C16H22N2O. The van der Waals surface area contributed by atoms with Crippen molar-refractivity contribution in [2.45, 2.75) is 25.4 Å². The first-order valence-electron chi connectivity index (χ1n) is 7.17. The Morgan fingerprint density at radius 1 is 1.21 bits per heavy atom. The minimum absolute atomic E-state index is 0.0752. The van der Waals surface area contributed by atoms with Crippen molar-refractivity contribution in [3.05, 3.63) is 36.0 Å². The fraction of sp³-hybridized carbons (Fsp3) is 0.500. The van der Waals surface area contributed by atoms with Crippen molar-refractivity contribution < 1.29 is 5.11 Å². The van der Waals surface area contributed by atoms with Crippen molar-refractivity contribution in [1.29, 1.82) is 0 Å². The summed E-state index contributed by atoms with van der Waals surface area (Å²) in [7, 11) is 2.11. The third kappa shape index (κ3) is 2.67. The summed E-state index contributed by atoms with van der Waals surface area (Å²) in [4.78, 5) is 2.47. The summed E-state index contributed by atoms with van der Waals surface area (Å²) in [5, 5.41) is 10.9. The number of fused-ring (bicyclic) bond motifs is 1. The second-order valence-electron chi connectivity index (χ2n) is 5.61. The lowest BCUT2D eigenvalue weighted by Crippen LogP contribution is -2.36. The zero-order valence-corrected chi connectivity index (χ0v) is 11.5. The van der Waals surface area contributed by atoms with E-state index in [2.05, 4.69) is 47.0 Å². The molecule has 0 aliphatic carbocycles.